The van der Waals surface area contributed by atoms with Crippen molar-refractivity contribution >= 4 is 45.6 Å². The summed E-state index contributed by atoms with van der Waals surface area (Å²) in [6, 6.07) is 20.5. The first-order valence-electron chi connectivity index (χ1n) is 12.3. The predicted octanol–water partition coefficient (Wildman–Crippen LogP) is 5.64. The number of carbonyl (C=O) groups is 1. The van der Waals surface area contributed by atoms with Gasteiger partial charge in [-0.25, -0.2) is 18.6 Å². The Hall–Kier alpha value is -5.27. The second-order valence-electron chi connectivity index (χ2n) is 9.34. The Morgan fingerprint density at radius 1 is 1.10 bits per heavy atom. The highest BCUT2D eigenvalue weighted by Crippen LogP contribution is 2.43. The van der Waals surface area contributed by atoms with Crippen molar-refractivity contribution in [3.63, 3.8) is 0 Å². The van der Waals surface area contributed by atoms with E-state index >= 15 is 0 Å². The Morgan fingerprint density at radius 3 is 2.85 bits per heavy atom. The highest BCUT2D eigenvalue weighted by molar-refractivity contribution is 6.31. The van der Waals surface area contributed by atoms with Crippen LogP contribution in [0.1, 0.15) is 27.5 Å². The second kappa shape index (κ2) is 9.18. The molecule has 0 bridgehead atoms. The van der Waals surface area contributed by atoms with Crippen molar-refractivity contribution in [3.05, 3.63) is 107 Å². The van der Waals surface area contributed by atoms with Crippen LogP contribution < -0.4 is 10.6 Å². The molecule has 0 radical (unpaired) electrons. The van der Waals surface area contributed by atoms with Gasteiger partial charge in [0, 0.05) is 44.5 Å². The van der Waals surface area contributed by atoms with Crippen molar-refractivity contribution in [1.29, 1.82) is 5.26 Å². The molecule has 4 heterocycles. The van der Waals surface area contributed by atoms with Gasteiger partial charge in [-0.15, -0.1) is 0 Å². The fourth-order valence-electron chi connectivity index (χ4n) is 5.19. The number of nitriles is 1. The monoisotopic (exact) mass is 548 g/mol. The summed E-state index contributed by atoms with van der Waals surface area (Å²) in [5.41, 5.74) is 5.10. The number of benzene rings is 3. The standard InChI is InChI=1S/C29H18ClFN8O/c30-22-7-6-18(31)13-20(22)27-26-21(29(40)36-27)11-17(16-5-8-25-33-15-34-39(25)14-16)12-23(26)35-28-19-3-1-2-4-24(19)38(37-28)10-9-32/h1-8,11-15,27H,10H2,(H,35,37)(H,36,40). The van der Waals surface area contributed by atoms with Gasteiger partial charge in [-0.3, -0.25) is 4.79 Å². The molecule has 7 rings (SSSR count). The third-order valence-electron chi connectivity index (χ3n) is 7.00. The molecule has 0 saturated heterocycles. The van der Waals surface area contributed by atoms with E-state index in [0.717, 1.165) is 22.0 Å². The molecule has 194 valence electrons. The zero-order valence-electron chi connectivity index (χ0n) is 20.6. The summed E-state index contributed by atoms with van der Waals surface area (Å²) in [5, 5.41) is 25.7. The average Bonchev–Trinajstić information content (AvgIpc) is 3.66. The molecule has 1 atom stereocenters. The third-order valence-corrected chi connectivity index (χ3v) is 7.34. The number of pyridine rings is 1. The van der Waals surface area contributed by atoms with E-state index in [1.165, 1.54) is 24.5 Å². The van der Waals surface area contributed by atoms with Gasteiger partial charge in [0.15, 0.2) is 11.5 Å². The van der Waals surface area contributed by atoms with Gasteiger partial charge in [0.25, 0.3) is 5.91 Å². The molecule has 0 fully saturated rings. The topological polar surface area (TPSA) is 113 Å². The molecule has 3 aromatic carbocycles. The minimum atomic E-state index is -0.701. The van der Waals surface area contributed by atoms with Crippen molar-refractivity contribution < 1.29 is 9.18 Å². The lowest BCUT2D eigenvalue weighted by Crippen LogP contribution is -2.20. The average molecular weight is 549 g/mol. The summed E-state index contributed by atoms with van der Waals surface area (Å²) in [7, 11) is 0. The number of hydrogen-bond donors (Lipinski definition) is 2. The van der Waals surface area contributed by atoms with E-state index in [4.69, 9.17) is 11.6 Å². The number of halogens is 2. The first-order valence-corrected chi connectivity index (χ1v) is 12.7. The number of rotatable bonds is 5. The molecular formula is C29H18ClFN8O. The number of carbonyl (C=O) groups excluding carboxylic acids is 1. The predicted molar refractivity (Wildman–Crippen MR) is 148 cm³/mol. The highest BCUT2D eigenvalue weighted by atomic mass is 35.5. The summed E-state index contributed by atoms with van der Waals surface area (Å²) >= 11 is 6.49. The maximum Gasteiger partial charge on any atom is 0.252 e. The largest absolute Gasteiger partial charge is 0.341 e. The molecule has 3 aromatic heterocycles. The SMILES string of the molecule is N#CCn1nc(Nc2cc(-c3ccc4ncnn4c3)cc3c2C(c2cc(F)ccc2Cl)NC3=O)c2ccccc21. The van der Waals surface area contributed by atoms with Gasteiger partial charge >= 0.3 is 0 Å². The first-order chi connectivity index (χ1) is 19.5. The fourth-order valence-corrected chi connectivity index (χ4v) is 5.42. The highest BCUT2D eigenvalue weighted by Gasteiger charge is 2.35. The third kappa shape index (κ3) is 3.83. The van der Waals surface area contributed by atoms with E-state index in [1.807, 2.05) is 48.7 Å². The van der Waals surface area contributed by atoms with Crippen LogP contribution in [0.3, 0.4) is 0 Å². The van der Waals surface area contributed by atoms with Crippen molar-refractivity contribution in [2.45, 2.75) is 12.6 Å². The van der Waals surface area contributed by atoms with Gasteiger partial charge in [-0.05, 0) is 60.2 Å². The van der Waals surface area contributed by atoms with Gasteiger partial charge in [0.2, 0.25) is 0 Å². The molecule has 0 saturated carbocycles. The molecular weight excluding hydrogens is 531 g/mol. The summed E-state index contributed by atoms with van der Waals surface area (Å²) in [5.74, 6) is -0.261. The zero-order chi connectivity index (χ0) is 27.4. The van der Waals surface area contributed by atoms with Crippen LogP contribution in [-0.4, -0.2) is 30.3 Å². The van der Waals surface area contributed by atoms with E-state index in [-0.39, 0.29) is 12.5 Å². The number of amides is 1. The minimum absolute atomic E-state index is 0.0693. The number of aromatic nitrogens is 5. The van der Waals surface area contributed by atoms with Crippen LogP contribution in [-0.2, 0) is 6.54 Å². The summed E-state index contributed by atoms with van der Waals surface area (Å²) < 4.78 is 17.6. The van der Waals surface area contributed by atoms with Gasteiger partial charge < -0.3 is 10.6 Å². The molecule has 1 aliphatic rings. The van der Waals surface area contributed by atoms with Crippen molar-refractivity contribution in [2.75, 3.05) is 5.32 Å². The Balaban J connectivity index is 1.44. The van der Waals surface area contributed by atoms with E-state index in [9.17, 15) is 14.4 Å². The number of anilines is 2. The van der Waals surface area contributed by atoms with Gasteiger partial charge in [-0.1, -0.05) is 23.7 Å². The summed E-state index contributed by atoms with van der Waals surface area (Å²) in [6.07, 6.45) is 3.30. The quantitative estimate of drug-likeness (QED) is 0.288. The number of para-hydroxylation sites is 1. The lowest BCUT2D eigenvalue weighted by atomic mass is 9.93. The summed E-state index contributed by atoms with van der Waals surface area (Å²) in [4.78, 5) is 17.5. The minimum Gasteiger partial charge on any atom is -0.341 e. The summed E-state index contributed by atoms with van der Waals surface area (Å²) in [6.45, 7) is 0.0693. The van der Waals surface area contributed by atoms with Gasteiger partial charge in [-0.2, -0.15) is 15.5 Å². The molecule has 0 spiro atoms. The van der Waals surface area contributed by atoms with Crippen LogP contribution in [0, 0.1) is 17.1 Å². The van der Waals surface area contributed by atoms with Crippen LogP contribution in [0.15, 0.2) is 79.3 Å². The van der Waals surface area contributed by atoms with E-state index < -0.39 is 11.9 Å². The van der Waals surface area contributed by atoms with Crippen molar-refractivity contribution in [3.8, 4) is 17.2 Å². The van der Waals surface area contributed by atoms with Crippen LogP contribution >= 0.6 is 11.6 Å². The second-order valence-corrected chi connectivity index (χ2v) is 9.75. The maximum atomic E-state index is 14.3. The molecule has 6 aromatic rings. The number of hydrogen-bond acceptors (Lipinski definition) is 6. The maximum absolute atomic E-state index is 14.3. The Kier molecular flexibility index (Phi) is 5.47. The number of fused-ring (bicyclic) bond motifs is 3. The molecule has 40 heavy (non-hydrogen) atoms. The Morgan fingerprint density at radius 2 is 1.98 bits per heavy atom. The van der Waals surface area contributed by atoms with Crippen molar-refractivity contribution in [2.24, 2.45) is 0 Å². The zero-order valence-corrected chi connectivity index (χ0v) is 21.4. The molecule has 0 aliphatic carbocycles. The Bertz CT molecular complexity index is 2020. The molecule has 1 amide bonds. The molecule has 9 nitrogen and oxygen atoms in total. The van der Waals surface area contributed by atoms with E-state index in [2.05, 4.69) is 31.9 Å². The van der Waals surface area contributed by atoms with Gasteiger partial charge in [0.1, 0.15) is 18.7 Å². The molecule has 2 N–H and O–H groups in total. The molecule has 1 aliphatic heterocycles. The smallest absolute Gasteiger partial charge is 0.252 e. The lowest BCUT2D eigenvalue weighted by Gasteiger charge is -2.19. The Labute approximate surface area is 231 Å². The van der Waals surface area contributed by atoms with Crippen LogP contribution in [0.2, 0.25) is 5.02 Å². The molecule has 11 heteroatoms. The normalized spacial score (nSPS) is 14.3. The number of nitrogens with one attached hydrogen (secondary N) is 2. The van der Waals surface area contributed by atoms with E-state index in [1.54, 1.807) is 15.3 Å². The number of nitrogens with zero attached hydrogens (tertiary/aromatic N) is 6. The van der Waals surface area contributed by atoms with Gasteiger partial charge in [0.05, 0.1) is 17.6 Å². The van der Waals surface area contributed by atoms with Crippen molar-refractivity contribution in [1.82, 2.24) is 29.7 Å². The van der Waals surface area contributed by atoms with Crippen LogP contribution in [0.5, 0.6) is 0 Å². The van der Waals surface area contributed by atoms with Crippen LogP contribution in [0.4, 0.5) is 15.9 Å². The van der Waals surface area contributed by atoms with E-state index in [0.29, 0.717) is 38.9 Å². The fraction of sp³-hybridized carbons (Fsp3) is 0.0690. The molecule has 1 unspecified atom stereocenters. The lowest BCUT2D eigenvalue weighted by molar-refractivity contribution is 0.0960. The first kappa shape index (κ1) is 23.8. The van der Waals surface area contributed by atoms with Crippen LogP contribution in [0.25, 0.3) is 27.7 Å².